The van der Waals surface area contributed by atoms with E-state index >= 15 is 0 Å². The van der Waals surface area contributed by atoms with Crippen LogP contribution in [-0.2, 0) is 21.4 Å². The lowest BCUT2D eigenvalue weighted by atomic mass is 9.74. The van der Waals surface area contributed by atoms with Gasteiger partial charge in [0.05, 0.1) is 13.7 Å². The molecule has 1 saturated heterocycles. The third-order valence-corrected chi connectivity index (χ3v) is 6.46. The molecule has 8 heteroatoms. The number of aryl methyl sites for hydroxylation is 1. The highest BCUT2D eigenvalue weighted by molar-refractivity contribution is 5.76. The minimum atomic E-state index is -0.127. The van der Waals surface area contributed by atoms with Crippen LogP contribution in [0.3, 0.4) is 0 Å². The van der Waals surface area contributed by atoms with Crippen molar-refractivity contribution in [3.63, 3.8) is 0 Å². The fourth-order valence-corrected chi connectivity index (χ4v) is 4.37. The van der Waals surface area contributed by atoms with Crippen molar-refractivity contribution < 1.29 is 23.5 Å². The lowest BCUT2D eigenvalue weighted by Gasteiger charge is -2.38. The Morgan fingerprint density at radius 3 is 2.46 bits per heavy atom. The summed E-state index contributed by atoms with van der Waals surface area (Å²) in [5.41, 5.74) is 1.94. The monoisotopic (exact) mass is 479 g/mol. The lowest BCUT2D eigenvalue weighted by Crippen LogP contribution is -2.44. The summed E-state index contributed by atoms with van der Waals surface area (Å²) in [5, 5.41) is 7.20. The van der Waals surface area contributed by atoms with Crippen molar-refractivity contribution in [1.29, 1.82) is 0 Å². The van der Waals surface area contributed by atoms with Gasteiger partial charge >= 0.3 is 0 Å². The molecular formula is C27H33N3O5. The van der Waals surface area contributed by atoms with Crippen molar-refractivity contribution in [2.45, 2.75) is 44.4 Å². The first-order valence-corrected chi connectivity index (χ1v) is 12.2. The third-order valence-electron chi connectivity index (χ3n) is 6.46. The molecule has 8 nitrogen and oxygen atoms in total. The average molecular weight is 480 g/mol. The first kappa shape index (κ1) is 24.7. The minimum absolute atomic E-state index is 0.0247. The largest absolute Gasteiger partial charge is 0.497 e. The van der Waals surface area contributed by atoms with E-state index in [-0.39, 0.29) is 11.3 Å². The molecule has 0 radical (unpaired) electrons. The number of carbonyl (C=O) groups is 1. The van der Waals surface area contributed by atoms with E-state index in [0.717, 1.165) is 29.9 Å². The van der Waals surface area contributed by atoms with Gasteiger partial charge in [-0.05, 0) is 68.1 Å². The molecule has 186 valence electrons. The van der Waals surface area contributed by atoms with Crippen LogP contribution in [0.5, 0.6) is 11.5 Å². The molecule has 0 unspecified atom stereocenters. The topological polar surface area (TPSA) is 95.7 Å². The second-order valence-corrected chi connectivity index (χ2v) is 8.72. The van der Waals surface area contributed by atoms with E-state index < -0.39 is 0 Å². The Labute approximate surface area is 206 Å². The van der Waals surface area contributed by atoms with Gasteiger partial charge in [0, 0.05) is 43.6 Å². The van der Waals surface area contributed by atoms with Gasteiger partial charge < -0.3 is 24.1 Å². The number of hydrogen-bond donors (Lipinski definition) is 1. The van der Waals surface area contributed by atoms with Crippen molar-refractivity contribution in [2.75, 3.05) is 33.5 Å². The van der Waals surface area contributed by atoms with Gasteiger partial charge in [0.2, 0.25) is 17.6 Å². The van der Waals surface area contributed by atoms with E-state index in [1.165, 1.54) is 5.56 Å². The van der Waals surface area contributed by atoms with Crippen LogP contribution in [-0.4, -0.2) is 49.5 Å². The number of hydrogen-bond acceptors (Lipinski definition) is 7. The summed E-state index contributed by atoms with van der Waals surface area (Å²) in [6.45, 7) is 4.58. The van der Waals surface area contributed by atoms with Crippen molar-refractivity contribution in [3.8, 4) is 22.9 Å². The third kappa shape index (κ3) is 6.39. The number of nitrogens with zero attached hydrogens (tertiary/aromatic N) is 2. The predicted octanol–water partition coefficient (Wildman–Crippen LogP) is 4.33. The standard InChI is InChI=1S/C27H33N3O5/c1-3-34-23-13-9-21(10-14-23)27(15-17-33-18-16-27)19-28-24(31)5-4-6-25-29-26(30-35-25)20-7-11-22(32-2)12-8-20/h7-14H,3-6,15-19H2,1-2H3,(H,28,31). The van der Waals surface area contributed by atoms with Crippen molar-refractivity contribution >= 4 is 5.91 Å². The normalized spacial score (nSPS) is 14.9. The second-order valence-electron chi connectivity index (χ2n) is 8.72. The predicted molar refractivity (Wildman–Crippen MR) is 132 cm³/mol. The SMILES string of the molecule is CCOc1ccc(C2(CNC(=O)CCCc3nc(-c4ccc(OC)cc4)no3)CCOCC2)cc1. The molecule has 1 fully saturated rings. The maximum Gasteiger partial charge on any atom is 0.226 e. The van der Waals surface area contributed by atoms with Crippen molar-refractivity contribution in [3.05, 3.63) is 60.0 Å². The molecule has 0 bridgehead atoms. The highest BCUT2D eigenvalue weighted by atomic mass is 16.5. The van der Waals surface area contributed by atoms with Crippen molar-refractivity contribution in [1.82, 2.24) is 15.5 Å². The average Bonchev–Trinajstić information content (AvgIpc) is 3.38. The first-order chi connectivity index (χ1) is 17.1. The lowest BCUT2D eigenvalue weighted by molar-refractivity contribution is -0.121. The van der Waals surface area contributed by atoms with Crippen LogP contribution in [0.4, 0.5) is 0 Å². The molecular weight excluding hydrogens is 446 g/mol. The van der Waals surface area contributed by atoms with E-state index in [1.807, 2.05) is 43.3 Å². The molecule has 0 saturated carbocycles. The van der Waals surface area contributed by atoms with Gasteiger partial charge in [-0.1, -0.05) is 17.3 Å². The highest BCUT2D eigenvalue weighted by Gasteiger charge is 2.34. The van der Waals surface area contributed by atoms with E-state index in [4.69, 9.17) is 18.7 Å². The smallest absolute Gasteiger partial charge is 0.226 e. The Kier molecular flexibility index (Phi) is 8.36. The highest BCUT2D eigenvalue weighted by Crippen LogP contribution is 2.35. The first-order valence-electron chi connectivity index (χ1n) is 12.2. The molecule has 1 N–H and O–H groups in total. The number of nitrogens with one attached hydrogen (secondary N) is 1. The summed E-state index contributed by atoms with van der Waals surface area (Å²) >= 11 is 0. The molecule has 2 heterocycles. The van der Waals surface area contributed by atoms with Crippen LogP contribution in [0, 0.1) is 0 Å². The molecule has 2 aromatic carbocycles. The Morgan fingerprint density at radius 2 is 1.77 bits per heavy atom. The van der Waals surface area contributed by atoms with Gasteiger partial charge in [0.25, 0.3) is 0 Å². The molecule has 1 aliphatic heterocycles. The number of amides is 1. The van der Waals surface area contributed by atoms with E-state index in [2.05, 4.69) is 27.6 Å². The number of rotatable bonds is 11. The Bertz CT molecular complexity index is 1070. The Balaban J connectivity index is 1.28. The van der Waals surface area contributed by atoms with E-state index in [9.17, 15) is 4.79 Å². The van der Waals surface area contributed by atoms with Crippen LogP contribution in [0.2, 0.25) is 0 Å². The van der Waals surface area contributed by atoms with Gasteiger partial charge in [0.1, 0.15) is 11.5 Å². The fourth-order valence-electron chi connectivity index (χ4n) is 4.37. The van der Waals surface area contributed by atoms with Crippen molar-refractivity contribution in [2.24, 2.45) is 0 Å². The van der Waals surface area contributed by atoms with Gasteiger partial charge in [-0.15, -0.1) is 0 Å². The zero-order valence-electron chi connectivity index (χ0n) is 20.4. The zero-order valence-corrected chi connectivity index (χ0v) is 20.4. The molecule has 1 aromatic heterocycles. The summed E-state index contributed by atoms with van der Waals surface area (Å²) in [5.74, 6) is 2.71. The van der Waals surface area contributed by atoms with Crippen LogP contribution < -0.4 is 14.8 Å². The summed E-state index contributed by atoms with van der Waals surface area (Å²) in [6.07, 6.45) is 3.33. The number of ether oxygens (including phenoxy) is 3. The summed E-state index contributed by atoms with van der Waals surface area (Å²) in [6, 6.07) is 15.7. The zero-order chi connectivity index (χ0) is 24.5. The maximum absolute atomic E-state index is 12.6. The quantitative estimate of drug-likeness (QED) is 0.437. The van der Waals surface area contributed by atoms with Crippen LogP contribution in [0.1, 0.15) is 44.1 Å². The van der Waals surface area contributed by atoms with Crippen LogP contribution in [0.25, 0.3) is 11.4 Å². The van der Waals surface area contributed by atoms with Gasteiger partial charge in [-0.25, -0.2) is 0 Å². The van der Waals surface area contributed by atoms with Gasteiger partial charge in [-0.3, -0.25) is 4.79 Å². The molecule has 0 aliphatic carbocycles. The summed E-state index contributed by atoms with van der Waals surface area (Å²) in [7, 11) is 1.63. The van der Waals surface area contributed by atoms with Gasteiger partial charge in [0.15, 0.2) is 0 Å². The maximum atomic E-state index is 12.6. The fraction of sp³-hybridized carbons (Fsp3) is 0.444. The Morgan fingerprint density at radius 1 is 1.06 bits per heavy atom. The molecule has 0 spiro atoms. The molecule has 3 aromatic rings. The number of aromatic nitrogens is 2. The molecule has 35 heavy (non-hydrogen) atoms. The molecule has 1 amide bonds. The van der Waals surface area contributed by atoms with E-state index in [1.54, 1.807) is 7.11 Å². The second kappa shape index (κ2) is 11.8. The number of carbonyl (C=O) groups excluding carboxylic acids is 1. The Hall–Kier alpha value is -3.39. The molecule has 1 aliphatic rings. The number of benzene rings is 2. The minimum Gasteiger partial charge on any atom is -0.497 e. The summed E-state index contributed by atoms with van der Waals surface area (Å²) < 4.78 is 21.7. The van der Waals surface area contributed by atoms with Crippen LogP contribution in [0.15, 0.2) is 53.1 Å². The van der Waals surface area contributed by atoms with Crippen LogP contribution >= 0.6 is 0 Å². The molecule has 0 atom stereocenters. The number of methoxy groups -OCH3 is 1. The van der Waals surface area contributed by atoms with E-state index in [0.29, 0.717) is 57.3 Å². The van der Waals surface area contributed by atoms with Gasteiger partial charge in [-0.2, -0.15) is 4.98 Å². The molecule has 4 rings (SSSR count). The summed E-state index contributed by atoms with van der Waals surface area (Å²) in [4.78, 5) is 17.1.